The normalized spacial score (nSPS) is 11.0. The molecule has 128 valence electrons. The summed E-state index contributed by atoms with van der Waals surface area (Å²) < 4.78 is 18.8. The van der Waals surface area contributed by atoms with Crippen molar-refractivity contribution in [2.45, 2.75) is 39.2 Å². The van der Waals surface area contributed by atoms with Gasteiger partial charge in [-0.25, -0.2) is 9.18 Å². The highest BCUT2D eigenvalue weighted by Gasteiger charge is 2.15. The average molecular weight is 389 g/mol. The lowest BCUT2D eigenvalue weighted by atomic mass is 10.1. The molecule has 2 amide bonds. The van der Waals surface area contributed by atoms with E-state index in [9.17, 15) is 14.0 Å². The van der Waals surface area contributed by atoms with Crippen molar-refractivity contribution < 1.29 is 18.7 Å². The summed E-state index contributed by atoms with van der Waals surface area (Å²) in [5.74, 6) is -0.583. The number of alkyl carbamates (subject to hydrolysis) is 1. The number of carbonyl (C=O) groups is 2. The van der Waals surface area contributed by atoms with Gasteiger partial charge in [0.15, 0.2) is 0 Å². The molecule has 0 bridgehead atoms. The minimum atomic E-state index is -0.530. The zero-order chi connectivity index (χ0) is 17.5. The van der Waals surface area contributed by atoms with E-state index in [0.29, 0.717) is 29.5 Å². The highest BCUT2D eigenvalue weighted by atomic mass is 79.9. The van der Waals surface area contributed by atoms with Crippen molar-refractivity contribution in [3.8, 4) is 0 Å². The van der Waals surface area contributed by atoms with Gasteiger partial charge in [-0.1, -0.05) is 6.07 Å². The predicted octanol–water partition coefficient (Wildman–Crippen LogP) is 3.16. The molecule has 0 aromatic heterocycles. The van der Waals surface area contributed by atoms with Gasteiger partial charge in [0.2, 0.25) is 5.91 Å². The number of carbonyl (C=O) groups excluding carboxylic acids is 2. The Hall–Kier alpha value is -1.63. The van der Waals surface area contributed by atoms with Crippen molar-refractivity contribution in [1.82, 2.24) is 10.6 Å². The molecule has 1 rings (SSSR count). The molecular weight excluding hydrogens is 367 g/mol. The van der Waals surface area contributed by atoms with E-state index in [4.69, 9.17) is 4.74 Å². The van der Waals surface area contributed by atoms with Gasteiger partial charge in [-0.3, -0.25) is 4.79 Å². The number of halogens is 2. The van der Waals surface area contributed by atoms with Crippen LogP contribution in [0.25, 0.3) is 0 Å². The maximum Gasteiger partial charge on any atom is 0.407 e. The van der Waals surface area contributed by atoms with Gasteiger partial charge in [0.1, 0.15) is 11.4 Å². The van der Waals surface area contributed by atoms with E-state index in [1.807, 2.05) is 0 Å². The number of amides is 2. The van der Waals surface area contributed by atoms with Crippen LogP contribution in [-0.4, -0.2) is 30.7 Å². The molecule has 0 aliphatic carbocycles. The third-order valence-corrected chi connectivity index (χ3v) is 3.34. The molecular formula is C16H22BrFN2O3. The van der Waals surface area contributed by atoms with Gasteiger partial charge in [0.25, 0.3) is 0 Å². The lowest BCUT2D eigenvalue weighted by molar-refractivity contribution is -0.120. The maximum atomic E-state index is 13.3. The van der Waals surface area contributed by atoms with Crippen LogP contribution in [0.5, 0.6) is 0 Å². The number of hydrogen-bond donors (Lipinski definition) is 2. The minimum Gasteiger partial charge on any atom is -0.444 e. The van der Waals surface area contributed by atoms with Crippen LogP contribution < -0.4 is 10.6 Å². The minimum absolute atomic E-state index is 0.115. The highest BCUT2D eigenvalue weighted by molar-refractivity contribution is 9.10. The van der Waals surface area contributed by atoms with Crippen molar-refractivity contribution in [2.24, 2.45) is 0 Å². The number of hydrogen-bond acceptors (Lipinski definition) is 3. The molecule has 0 aliphatic heterocycles. The van der Waals surface area contributed by atoms with Crippen LogP contribution in [0, 0.1) is 5.82 Å². The lowest BCUT2D eigenvalue weighted by Crippen LogP contribution is -2.34. The second-order valence-electron chi connectivity index (χ2n) is 6.06. The van der Waals surface area contributed by atoms with Gasteiger partial charge in [-0.05, 0) is 60.8 Å². The van der Waals surface area contributed by atoms with Crippen LogP contribution >= 0.6 is 15.9 Å². The van der Waals surface area contributed by atoms with Gasteiger partial charge in [-0.15, -0.1) is 0 Å². The summed E-state index contributed by atoms with van der Waals surface area (Å²) >= 11 is 3.06. The predicted molar refractivity (Wildman–Crippen MR) is 89.7 cm³/mol. The summed E-state index contributed by atoms with van der Waals surface area (Å²) in [4.78, 5) is 23.1. The van der Waals surface area contributed by atoms with Crippen molar-refractivity contribution in [3.63, 3.8) is 0 Å². The second-order valence-corrected chi connectivity index (χ2v) is 6.91. The molecule has 7 heteroatoms. The van der Waals surface area contributed by atoms with Gasteiger partial charge in [0, 0.05) is 13.1 Å². The Labute approximate surface area is 144 Å². The summed E-state index contributed by atoms with van der Waals surface area (Å²) in [6.07, 6.45) is 0.220. The van der Waals surface area contributed by atoms with Crippen molar-refractivity contribution in [2.75, 3.05) is 13.1 Å². The summed E-state index contributed by atoms with van der Waals surface area (Å²) in [7, 11) is 0. The number of rotatable bonds is 6. The first-order valence-electron chi connectivity index (χ1n) is 7.35. The third-order valence-electron chi connectivity index (χ3n) is 2.69. The monoisotopic (exact) mass is 388 g/mol. The molecule has 0 fully saturated rings. The van der Waals surface area contributed by atoms with E-state index in [0.717, 1.165) is 0 Å². The molecule has 0 aliphatic rings. The number of nitrogens with one attached hydrogen (secondary N) is 2. The second kappa shape index (κ2) is 8.86. The van der Waals surface area contributed by atoms with Crippen LogP contribution in [0.4, 0.5) is 9.18 Å². The molecule has 1 aromatic carbocycles. The Balaban J connectivity index is 2.19. The highest BCUT2D eigenvalue weighted by Crippen LogP contribution is 2.16. The first-order valence-corrected chi connectivity index (χ1v) is 8.14. The summed E-state index contributed by atoms with van der Waals surface area (Å²) in [6.45, 7) is 6.20. The van der Waals surface area contributed by atoms with Crippen molar-refractivity contribution in [3.05, 3.63) is 34.1 Å². The van der Waals surface area contributed by atoms with E-state index < -0.39 is 17.5 Å². The van der Waals surface area contributed by atoms with Crippen LogP contribution in [-0.2, 0) is 16.0 Å². The fourth-order valence-electron chi connectivity index (χ4n) is 1.72. The molecule has 0 saturated heterocycles. The quantitative estimate of drug-likeness (QED) is 0.735. The first kappa shape index (κ1) is 19.4. The summed E-state index contributed by atoms with van der Waals surface area (Å²) in [6, 6.07) is 4.59. The number of benzene rings is 1. The average Bonchev–Trinajstić information content (AvgIpc) is 2.40. The molecule has 0 unspecified atom stereocenters. The Morgan fingerprint density at radius 2 is 1.87 bits per heavy atom. The van der Waals surface area contributed by atoms with Gasteiger partial charge in [-0.2, -0.15) is 0 Å². The van der Waals surface area contributed by atoms with Crippen LogP contribution in [0.1, 0.15) is 32.8 Å². The van der Waals surface area contributed by atoms with Gasteiger partial charge in [0.05, 0.1) is 10.9 Å². The molecule has 1 aromatic rings. The first-order chi connectivity index (χ1) is 10.7. The Bertz CT molecular complexity index is 559. The van der Waals surface area contributed by atoms with E-state index in [-0.39, 0.29) is 12.3 Å². The molecule has 5 nitrogen and oxygen atoms in total. The molecule has 0 atom stereocenters. The van der Waals surface area contributed by atoms with E-state index in [2.05, 4.69) is 26.6 Å². The Morgan fingerprint density at radius 3 is 2.48 bits per heavy atom. The Morgan fingerprint density at radius 1 is 1.22 bits per heavy atom. The SMILES string of the molecule is CC(C)(C)OC(=O)NCCCNC(=O)Cc1ccc(Br)c(F)c1. The Kier molecular flexibility index (Phi) is 7.48. The molecule has 0 spiro atoms. The van der Waals surface area contributed by atoms with Crippen molar-refractivity contribution >= 4 is 27.9 Å². The summed E-state index contributed by atoms with van der Waals surface area (Å²) in [5, 5.41) is 5.33. The standard InChI is InChI=1S/C16H22BrFN2O3/c1-16(2,3)23-15(22)20-8-4-7-19-14(21)10-11-5-6-12(17)13(18)9-11/h5-6,9H,4,7-8,10H2,1-3H3,(H,19,21)(H,20,22). The smallest absolute Gasteiger partial charge is 0.407 e. The van der Waals surface area contributed by atoms with Crippen LogP contribution in [0.3, 0.4) is 0 Å². The fourth-order valence-corrected chi connectivity index (χ4v) is 1.96. The van der Waals surface area contributed by atoms with Crippen LogP contribution in [0.15, 0.2) is 22.7 Å². The van der Waals surface area contributed by atoms with E-state index >= 15 is 0 Å². The number of ether oxygens (including phenoxy) is 1. The summed E-state index contributed by atoms with van der Waals surface area (Å²) in [5.41, 5.74) is 0.0770. The molecule has 0 saturated carbocycles. The molecule has 23 heavy (non-hydrogen) atoms. The van der Waals surface area contributed by atoms with Crippen LogP contribution in [0.2, 0.25) is 0 Å². The topological polar surface area (TPSA) is 67.4 Å². The molecule has 2 N–H and O–H groups in total. The zero-order valence-electron chi connectivity index (χ0n) is 13.5. The lowest BCUT2D eigenvalue weighted by Gasteiger charge is -2.19. The van der Waals surface area contributed by atoms with E-state index in [1.54, 1.807) is 32.9 Å². The largest absolute Gasteiger partial charge is 0.444 e. The fraction of sp³-hybridized carbons (Fsp3) is 0.500. The molecule has 0 heterocycles. The van der Waals surface area contributed by atoms with Gasteiger partial charge < -0.3 is 15.4 Å². The van der Waals surface area contributed by atoms with Gasteiger partial charge >= 0.3 is 6.09 Å². The maximum absolute atomic E-state index is 13.3. The van der Waals surface area contributed by atoms with E-state index in [1.165, 1.54) is 6.07 Å². The third kappa shape index (κ3) is 8.54. The van der Waals surface area contributed by atoms with Crippen molar-refractivity contribution in [1.29, 1.82) is 0 Å². The molecule has 0 radical (unpaired) electrons. The zero-order valence-corrected chi connectivity index (χ0v) is 15.1.